The largest absolute Gasteiger partial charge is 0.366 e. The van der Waals surface area contributed by atoms with E-state index in [2.05, 4.69) is 20.6 Å². The van der Waals surface area contributed by atoms with Crippen LogP contribution in [0.25, 0.3) is 0 Å². The van der Waals surface area contributed by atoms with E-state index in [0.29, 0.717) is 11.7 Å². The molecule has 1 fully saturated rings. The predicted octanol–water partition coefficient (Wildman–Crippen LogP) is 3.39. The fraction of sp³-hybridized carbons (Fsp3) is 0.353. The number of carbonyl (C=O) groups excluding carboxylic acids is 1. The first-order chi connectivity index (χ1) is 10.7. The summed E-state index contributed by atoms with van der Waals surface area (Å²) in [6.45, 7) is 1.99. The van der Waals surface area contributed by atoms with Crippen molar-refractivity contribution in [2.45, 2.75) is 38.6 Å². The van der Waals surface area contributed by atoms with Crippen LogP contribution in [0.4, 0.5) is 11.5 Å². The zero-order valence-electron chi connectivity index (χ0n) is 12.7. The SMILES string of the molecule is Cc1cccc(NC(=O)c2cnc(NC3CCCC3)cn2)c1. The summed E-state index contributed by atoms with van der Waals surface area (Å²) in [5.74, 6) is 0.490. The number of anilines is 2. The lowest BCUT2D eigenvalue weighted by Gasteiger charge is -2.12. The van der Waals surface area contributed by atoms with Crippen molar-refractivity contribution >= 4 is 17.4 Å². The molecule has 1 aromatic heterocycles. The van der Waals surface area contributed by atoms with Crippen LogP contribution >= 0.6 is 0 Å². The van der Waals surface area contributed by atoms with Crippen molar-refractivity contribution in [2.75, 3.05) is 10.6 Å². The number of nitrogens with zero attached hydrogens (tertiary/aromatic N) is 2. The molecule has 1 aliphatic rings. The summed E-state index contributed by atoms with van der Waals surface area (Å²) in [6, 6.07) is 8.15. The molecule has 0 radical (unpaired) electrons. The van der Waals surface area contributed by atoms with Crippen molar-refractivity contribution < 1.29 is 4.79 Å². The summed E-state index contributed by atoms with van der Waals surface area (Å²) in [4.78, 5) is 20.6. The van der Waals surface area contributed by atoms with Crippen LogP contribution in [0.5, 0.6) is 0 Å². The molecular weight excluding hydrogens is 276 g/mol. The van der Waals surface area contributed by atoms with Crippen LogP contribution in [0.3, 0.4) is 0 Å². The molecular formula is C17H20N4O. The highest BCUT2D eigenvalue weighted by molar-refractivity contribution is 6.02. The minimum absolute atomic E-state index is 0.245. The number of carbonyl (C=O) groups is 1. The maximum absolute atomic E-state index is 12.1. The van der Waals surface area contributed by atoms with Gasteiger partial charge in [0.25, 0.3) is 5.91 Å². The second-order valence-electron chi connectivity index (χ2n) is 5.74. The molecule has 0 spiro atoms. The normalized spacial score (nSPS) is 14.8. The number of aromatic nitrogens is 2. The Morgan fingerprint density at radius 1 is 1.18 bits per heavy atom. The smallest absolute Gasteiger partial charge is 0.275 e. The molecule has 2 aromatic rings. The van der Waals surface area contributed by atoms with Gasteiger partial charge in [-0.2, -0.15) is 0 Å². The average molecular weight is 296 g/mol. The van der Waals surface area contributed by atoms with Gasteiger partial charge in [-0.15, -0.1) is 0 Å². The van der Waals surface area contributed by atoms with E-state index in [1.165, 1.54) is 31.9 Å². The highest BCUT2D eigenvalue weighted by atomic mass is 16.1. The van der Waals surface area contributed by atoms with Crippen LogP contribution in [-0.4, -0.2) is 21.9 Å². The molecule has 0 bridgehead atoms. The average Bonchev–Trinajstić information content (AvgIpc) is 3.01. The van der Waals surface area contributed by atoms with Gasteiger partial charge in [0.15, 0.2) is 0 Å². The van der Waals surface area contributed by atoms with Gasteiger partial charge in [-0.05, 0) is 37.5 Å². The predicted molar refractivity (Wildman–Crippen MR) is 87.0 cm³/mol. The lowest BCUT2D eigenvalue weighted by molar-refractivity contribution is 0.102. The van der Waals surface area contributed by atoms with E-state index in [1.54, 1.807) is 6.20 Å². The first kappa shape index (κ1) is 14.5. The summed E-state index contributed by atoms with van der Waals surface area (Å²) < 4.78 is 0. The Morgan fingerprint density at radius 3 is 2.68 bits per heavy atom. The van der Waals surface area contributed by atoms with E-state index in [4.69, 9.17) is 0 Å². The van der Waals surface area contributed by atoms with E-state index in [1.807, 2.05) is 31.2 Å². The molecule has 3 rings (SSSR count). The first-order valence-corrected chi connectivity index (χ1v) is 7.67. The minimum atomic E-state index is -0.245. The molecule has 1 aromatic carbocycles. The molecule has 1 aliphatic carbocycles. The topological polar surface area (TPSA) is 66.9 Å². The maximum Gasteiger partial charge on any atom is 0.275 e. The van der Waals surface area contributed by atoms with Crippen LogP contribution in [0.2, 0.25) is 0 Å². The quantitative estimate of drug-likeness (QED) is 0.907. The second kappa shape index (κ2) is 6.56. The number of hydrogen-bond acceptors (Lipinski definition) is 4. The fourth-order valence-corrected chi connectivity index (χ4v) is 2.72. The van der Waals surface area contributed by atoms with E-state index in [9.17, 15) is 4.79 Å². The molecule has 1 saturated carbocycles. The Bertz CT molecular complexity index is 648. The molecule has 22 heavy (non-hydrogen) atoms. The van der Waals surface area contributed by atoms with Crippen LogP contribution in [0.1, 0.15) is 41.7 Å². The van der Waals surface area contributed by atoms with Crippen LogP contribution in [-0.2, 0) is 0 Å². The molecule has 0 saturated heterocycles. The fourth-order valence-electron chi connectivity index (χ4n) is 2.72. The number of nitrogens with one attached hydrogen (secondary N) is 2. The lowest BCUT2D eigenvalue weighted by Crippen LogP contribution is -2.17. The molecule has 5 nitrogen and oxygen atoms in total. The number of rotatable bonds is 4. The highest BCUT2D eigenvalue weighted by Gasteiger charge is 2.15. The van der Waals surface area contributed by atoms with E-state index in [-0.39, 0.29) is 5.91 Å². The van der Waals surface area contributed by atoms with Gasteiger partial charge in [0.2, 0.25) is 0 Å². The molecule has 1 heterocycles. The third-order valence-corrected chi connectivity index (χ3v) is 3.87. The van der Waals surface area contributed by atoms with Crippen molar-refractivity contribution in [3.63, 3.8) is 0 Å². The molecule has 0 aliphatic heterocycles. The first-order valence-electron chi connectivity index (χ1n) is 7.67. The van der Waals surface area contributed by atoms with Crippen LogP contribution in [0.15, 0.2) is 36.7 Å². The second-order valence-corrected chi connectivity index (χ2v) is 5.74. The molecule has 0 unspecified atom stereocenters. The van der Waals surface area contributed by atoms with Crippen molar-refractivity contribution in [2.24, 2.45) is 0 Å². The molecule has 0 atom stereocenters. The minimum Gasteiger partial charge on any atom is -0.366 e. The Kier molecular flexibility index (Phi) is 4.32. The molecule has 2 N–H and O–H groups in total. The van der Waals surface area contributed by atoms with Gasteiger partial charge in [-0.25, -0.2) is 9.97 Å². The van der Waals surface area contributed by atoms with E-state index < -0.39 is 0 Å². The number of hydrogen-bond donors (Lipinski definition) is 2. The van der Waals surface area contributed by atoms with Crippen molar-refractivity contribution in [1.29, 1.82) is 0 Å². The zero-order chi connectivity index (χ0) is 15.4. The highest BCUT2D eigenvalue weighted by Crippen LogP contribution is 2.21. The lowest BCUT2D eigenvalue weighted by atomic mass is 10.2. The summed E-state index contributed by atoms with van der Waals surface area (Å²) in [6.07, 6.45) is 8.03. The van der Waals surface area contributed by atoms with Gasteiger partial charge in [-0.1, -0.05) is 25.0 Å². The summed E-state index contributed by atoms with van der Waals surface area (Å²) in [7, 11) is 0. The monoisotopic (exact) mass is 296 g/mol. The van der Waals surface area contributed by atoms with Gasteiger partial charge in [-0.3, -0.25) is 4.79 Å². The Balaban J connectivity index is 1.63. The van der Waals surface area contributed by atoms with Gasteiger partial charge in [0, 0.05) is 11.7 Å². The number of amides is 1. The van der Waals surface area contributed by atoms with E-state index in [0.717, 1.165) is 17.1 Å². The van der Waals surface area contributed by atoms with Crippen molar-refractivity contribution in [3.8, 4) is 0 Å². The van der Waals surface area contributed by atoms with Gasteiger partial charge < -0.3 is 10.6 Å². The third-order valence-electron chi connectivity index (χ3n) is 3.87. The molecule has 5 heteroatoms. The van der Waals surface area contributed by atoms with Gasteiger partial charge in [0.1, 0.15) is 11.5 Å². The zero-order valence-corrected chi connectivity index (χ0v) is 12.7. The summed E-state index contributed by atoms with van der Waals surface area (Å²) in [5.41, 5.74) is 2.18. The van der Waals surface area contributed by atoms with E-state index >= 15 is 0 Å². The Morgan fingerprint density at radius 2 is 2.00 bits per heavy atom. The van der Waals surface area contributed by atoms with Crippen LogP contribution < -0.4 is 10.6 Å². The molecule has 114 valence electrons. The Labute approximate surface area is 130 Å². The van der Waals surface area contributed by atoms with Crippen molar-refractivity contribution in [1.82, 2.24) is 9.97 Å². The Hall–Kier alpha value is -2.43. The number of aryl methyl sites for hydroxylation is 1. The standard InChI is InChI=1S/C17H20N4O/c1-12-5-4-8-14(9-12)21-17(22)15-10-19-16(11-18-15)20-13-6-2-3-7-13/h4-5,8-11,13H,2-3,6-7H2,1H3,(H,19,20)(H,21,22). The van der Waals surface area contributed by atoms with Gasteiger partial charge in [0.05, 0.1) is 12.4 Å². The number of benzene rings is 1. The van der Waals surface area contributed by atoms with Crippen LogP contribution in [0, 0.1) is 6.92 Å². The third kappa shape index (κ3) is 3.61. The summed E-state index contributed by atoms with van der Waals surface area (Å²) in [5, 5.41) is 6.19. The molecule has 1 amide bonds. The van der Waals surface area contributed by atoms with Crippen molar-refractivity contribution in [3.05, 3.63) is 47.9 Å². The van der Waals surface area contributed by atoms with Gasteiger partial charge >= 0.3 is 0 Å². The summed E-state index contributed by atoms with van der Waals surface area (Å²) >= 11 is 0. The maximum atomic E-state index is 12.1.